The summed E-state index contributed by atoms with van der Waals surface area (Å²) in [7, 11) is 1.53. The first-order chi connectivity index (χ1) is 12.5. The summed E-state index contributed by atoms with van der Waals surface area (Å²) in [6, 6.07) is -1.56. The molecule has 27 heavy (non-hydrogen) atoms. The average molecular weight is 385 g/mol. The molecule has 7 nitrogen and oxygen atoms in total. The zero-order valence-corrected chi connectivity index (χ0v) is 17.7. The maximum absolute atomic E-state index is 12.8. The molecule has 0 radical (unpaired) electrons. The van der Waals surface area contributed by atoms with Crippen LogP contribution in [0.25, 0.3) is 0 Å². The van der Waals surface area contributed by atoms with Gasteiger partial charge in [-0.2, -0.15) is 0 Å². The van der Waals surface area contributed by atoms with Gasteiger partial charge in [-0.1, -0.05) is 54.2 Å². The Kier molecular flexibility index (Phi) is 10.9. The van der Waals surface area contributed by atoms with Gasteiger partial charge >= 0.3 is 11.9 Å². The molecule has 2 N–H and O–H groups in total. The van der Waals surface area contributed by atoms with E-state index in [4.69, 9.17) is 15.2 Å². The lowest BCUT2D eigenvalue weighted by Gasteiger charge is -2.33. The van der Waals surface area contributed by atoms with Crippen LogP contribution < -0.4 is 5.73 Å². The summed E-state index contributed by atoms with van der Waals surface area (Å²) in [5, 5.41) is 0. The minimum Gasteiger partial charge on any atom is -0.459 e. The Morgan fingerprint density at radius 2 is 1.63 bits per heavy atom. The molecule has 0 aromatic heterocycles. The second-order valence-electron chi connectivity index (χ2n) is 7.57. The predicted molar refractivity (Wildman–Crippen MR) is 105 cm³/mol. The number of nitrogens with two attached hydrogens (primary N) is 1. The molecular formula is C20H36N2O5. The van der Waals surface area contributed by atoms with E-state index >= 15 is 0 Å². The van der Waals surface area contributed by atoms with Gasteiger partial charge in [0.2, 0.25) is 12.0 Å². The molecule has 0 spiro atoms. The molecule has 0 unspecified atom stereocenters. The van der Waals surface area contributed by atoms with Gasteiger partial charge in [-0.15, -0.1) is 0 Å². The minimum absolute atomic E-state index is 0.0402. The second-order valence-corrected chi connectivity index (χ2v) is 7.57. The molecule has 0 heterocycles. The minimum atomic E-state index is -1.04. The molecule has 0 rings (SSSR count). The Labute approximate surface area is 163 Å². The van der Waals surface area contributed by atoms with Crippen LogP contribution in [0, 0.1) is 17.8 Å². The van der Waals surface area contributed by atoms with Crippen molar-refractivity contribution < 1.29 is 23.9 Å². The van der Waals surface area contributed by atoms with E-state index in [0.717, 1.165) is 0 Å². The van der Waals surface area contributed by atoms with Crippen molar-refractivity contribution in [3.63, 3.8) is 0 Å². The molecule has 0 aromatic carbocycles. The third-order valence-corrected chi connectivity index (χ3v) is 4.62. The Morgan fingerprint density at radius 3 is 2.04 bits per heavy atom. The fourth-order valence-electron chi connectivity index (χ4n) is 2.56. The SMILES string of the molecule is C=CCOC(=O)[C@@H](OC(=O)[C@H](C(C)C)N(C)C(=O)[C@@H](N)C(C)C)[C@@H](C)CC. The third-order valence-electron chi connectivity index (χ3n) is 4.62. The van der Waals surface area contributed by atoms with Crippen molar-refractivity contribution in [2.45, 2.75) is 66.2 Å². The van der Waals surface area contributed by atoms with Crippen molar-refractivity contribution >= 4 is 17.8 Å². The predicted octanol–water partition coefficient (Wildman–Crippen LogP) is 2.14. The number of likely N-dealkylation sites (N-methyl/N-ethyl adjacent to an activating group) is 1. The van der Waals surface area contributed by atoms with Gasteiger partial charge in [0.25, 0.3) is 0 Å². The molecule has 0 saturated carbocycles. The second kappa shape index (κ2) is 11.7. The number of nitrogens with zero attached hydrogens (tertiary/aromatic N) is 1. The average Bonchev–Trinajstić information content (AvgIpc) is 2.61. The molecule has 156 valence electrons. The standard InChI is InChI=1S/C20H36N2O5/c1-9-11-26-20(25)17(14(7)10-2)27-19(24)16(13(5)6)22(8)18(23)15(21)12(3)4/h9,12-17H,1,10-11,21H2,2-8H3/t14-,15-,16-,17-/m0/s1. The fourth-order valence-corrected chi connectivity index (χ4v) is 2.56. The lowest BCUT2D eigenvalue weighted by molar-refractivity contribution is -0.176. The van der Waals surface area contributed by atoms with Gasteiger partial charge in [-0.05, 0) is 18.3 Å². The normalized spacial score (nSPS) is 15.6. The third kappa shape index (κ3) is 7.33. The lowest BCUT2D eigenvalue weighted by atomic mass is 9.98. The topological polar surface area (TPSA) is 98.9 Å². The van der Waals surface area contributed by atoms with Gasteiger partial charge in [0.05, 0.1) is 6.04 Å². The molecule has 7 heteroatoms. The van der Waals surface area contributed by atoms with Crippen molar-refractivity contribution in [2.24, 2.45) is 23.5 Å². The first-order valence-electron chi connectivity index (χ1n) is 9.49. The maximum atomic E-state index is 12.8. The van der Waals surface area contributed by atoms with Crippen LogP contribution in [0.5, 0.6) is 0 Å². The van der Waals surface area contributed by atoms with Gasteiger partial charge in [0.1, 0.15) is 12.6 Å². The monoisotopic (exact) mass is 384 g/mol. The zero-order chi connectivity index (χ0) is 21.3. The number of amides is 1. The highest BCUT2D eigenvalue weighted by Gasteiger charge is 2.38. The van der Waals surface area contributed by atoms with E-state index in [1.807, 2.05) is 34.6 Å². The molecule has 1 amide bonds. The zero-order valence-electron chi connectivity index (χ0n) is 17.7. The van der Waals surface area contributed by atoms with Crippen LogP contribution in [0.1, 0.15) is 48.0 Å². The van der Waals surface area contributed by atoms with E-state index in [9.17, 15) is 14.4 Å². The fraction of sp³-hybridized carbons (Fsp3) is 0.750. The van der Waals surface area contributed by atoms with Crippen LogP contribution in [-0.4, -0.2) is 54.6 Å². The van der Waals surface area contributed by atoms with Crippen LogP contribution in [-0.2, 0) is 23.9 Å². The molecule has 0 aliphatic rings. The summed E-state index contributed by atoms with van der Waals surface area (Å²) in [6.45, 7) is 14.5. The molecule has 0 aromatic rings. The first kappa shape index (κ1) is 25.1. The Balaban J connectivity index is 5.45. The summed E-state index contributed by atoms with van der Waals surface area (Å²) < 4.78 is 10.6. The van der Waals surface area contributed by atoms with Crippen molar-refractivity contribution in [3.8, 4) is 0 Å². The van der Waals surface area contributed by atoms with Crippen molar-refractivity contribution in [3.05, 3.63) is 12.7 Å². The highest BCUT2D eigenvalue weighted by atomic mass is 16.6. The first-order valence-corrected chi connectivity index (χ1v) is 9.49. The lowest BCUT2D eigenvalue weighted by Crippen LogP contribution is -2.54. The Morgan fingerprint density at radius 1 is 1.07 bits per heavy atom. The highest BCUT2D eigenvalue weighted by Crippen LogP contribution is 2.19. The molecule has 0 fully saturated rings. The number of carbonyl (C=O) groups is 3. The number of hydrogen-bond acceptors (Lipinski definition) is 6. The van der Waals surface area contributed by atoms with Crippen molar-refractivity contribution in [2.75, 3.05) is 13.7 Å². The van der Waals surface area contributed by atoms with E-state index in [0.29, 0.717) is 6.42 Å². The van der Waals surface area contributed by atoms with E-state index in [2.05, 4.69) is 6.58 Å². The van der Waals surface area contributed by atoms with E-state index < -0.39 is 30.1 Å². The Hall–Kier alpha value is -1.89. The molecule has 0 bridgehead atoms. The highest BCUT2D eigenvalue weighted by molar-refractivity contribution is 5.88. The van der Waals surface area contributed by atoms with E-state index in [-0.39, 0.29) is 30.3 Å². The number of hydrogen-bond donors (Lipinski definition) is 1. The number of ether oxygens (including phenoxy) is 2. The van der Waals surface area contributed by atoms with Gasteiger partial charge in [0, 0.05) is 13.0 Å². The number of carbonyl (C=O) groups excluding carboxylic acids is 3. The number of rotatable bonds is 11. The van der Waals surface area contributed by atoms with Crippen LogP contribution >= 0.6 is 0 Å². The van der Waals surface area contributed by atoms with Crippen molar-refractivity contribution in [1.82, 2.24) is 4.90 Å². The molecule has 0 saturated heterocycles. The summed E-state index contributed by atoms with van der Waals surface area (Å²) in [4.78, 5) is 39.0. The summed E-state index contributed by atoms with van der Waals surface area (Å²) in [6.07, 6.45) is 1.04. The van der Waals surface area contributed by atoms with Gasteiger partial charge < -0.3 is 20.1 Å². The summed E-state index contributed by atoms with van der Waals surface area (Å²) >= 11 is 0. The molecule has 0 aliphatic carbocycles. The van der Waals surface area contributed by atoms with Crippen LogP contribution in [0.15, 0.2) is 12.7 Å². The number of esters is 2. The van der Waals surface area contributed by atoms with E-state index in [1.54, 1.807) is 6.92 Å². The molecule has 0 aliphatic heterocycles. The molecule has 4 atom stereocenters. The summed E-state index contributed by atoms with van der Waals surface area (Å²) in [5.74, 6) is -2.10. The van der Waals surface area contributed by atoms with Gasteiger partial charge in [0.15, 0.2) is 0 Å². The maximum Gasteiger partial charge on any atom is 0.348 e. The van der Waals surface area contributed by atoms with Gasteiger partial charge in [-0.3, -0.25) is 4.79 Å². The smallest absolute Gasteiger partial charge is 0.348 e. The van der Waals surface area contributed by atoms with E-state index in [1.165, 1.54) is 18.0 Å². The molecular weight excluding hydrogens is 348 g/mol. The quantitative estimate of drug-likeness (QED) is 0.433. The van der Waals surface area contributed by atoms with Crippen LogP contribution in [0.3, 0.4) is 0 Å². The van der Waals surface area contributed by atoms with Crippen LogP contribution in [0.2, 0.25) is 0 Å². The van der Waals surface area contributed by atoms with Gasteiger partial charge in [-0.25, -0.2) is 9.59 Å². The summed E-state index contributed by atoms with van der Waals surface area (Å²) in [5.41, 5.74) is 5.95. The largest absolute Gasteiger partial charge is 0.459 e. The van der Waals surface area contributed by atoms with Crippen LogP contribution in [0.4, 0.5) is 0 Å². The van der Waals surface area contributed by atoms with Crippen molar-refractivity contribution in [1.29, 1.82) is 0 Å². The Bertz CT molecular complexity index is 519.